The Labute approximate surface area is 200 Å². The largest absolute Gasteiger partial charge is 0.462 e. The lowest BCUT2D eigenvalue weighted by Crippen LogP contribution is -2.77. The number of carbonyl (C=O) groups excluding carboxylic acids is 1. The molecule has 0 fully saturated rings. The minimum Gasteiger partial charge on any atom is -0.462 e. The van der Waals surface area contributed by atoms with Crippen molar-refractivity contribution in [1.29, 1.82) is 0 Å². The fraction of sp³-hybridized carbons (Fsp3) is 0.321. The molecule has 0 aliphatic rings. The summed E-state index contributed by atoms with van der Waals surface area (Å²) in [6, 6.07) is 30.2. The van der Waals surface area contributed by atoms with E-state index in [1.165, 1.54) is 10.4 Å². The molecular weight excluding hydrogens is 440 g/mol. The van der Waals surface area contributed by atoms with Crippen LogP contribution < -0.4 is 10.4 Å². The Morgan fingerprint density at radius 1 is 0.727 bits per heavy atom. The van der Waals surface area contributed by atoms with Crippen LogP contribution in [0.15, 0.2) is 91.0 Å². The van der Waals surface area contributed by atoms with E-state index in [4.69, 9.17) is 4.74 Å². The highest BCUT2D eigenvalue weighted by molar-refractivity contribution is 7.09. The molecule has 0 spiro atoms. The standard InChI is InChI=1S/C28H36O3Si2/c1-32(2,25-18-10-6-11-19-25)28(30,33(3,4)26-20-12-7-13-21-26)22-14-15-23-31-27(29)24-16-8-5-9-17-24/h5-13,16-21,30H,14-15,22-23H2,1-4H3. The molecule has 3 nitrogen and oxygen atoms in total. The molecule has 3 aromatic rings. The van der Waals surface area contributed by atoms with E-state index < -0.39 is 21.0 Å². The Kier molecular flexibility index (Phi) is 8.11. The second-order valence-electron chi connectivity index (χ2n) is 9.80. The van der Waals surface area contributed by atoms with Gasteiger partial charge in [0, 0.05) is 0 Å². The van der Waals surface area contributed by atoms with Crippen LogP contribution in [0.3, 0.4) is 0 Å². The minimum absolute atomic E-state index is 0.288. The molecule has 5 heteroatoms. The van der Waals surface area contributed by atoms with E-state index in [-0.39, 0.29) is 5.97 Å². The Bertz CT molecular complexity index is 967. The van der Waals surface area contributed by atoms with Crippen molar-refractivity contribution in [2.75, 3.05) is 6.61 Å². The first kappa shape index (κ1) is 25.2. The van der Waals surface area contributed by atoms with Crippen LogP contribution in [0, 0.1) is 0 Å². The third-order valence-corrected chi connectivity index (χ3v) is 19.2. The van der Waals surface area contributed by atoms with Crippen LogP contribution in [0.5, 0.6) is 0 Å². The molecule has 0 heterocycles. The number of aliphatic hydroxyl groups is 1. The van der Waals surface area contributed by atoms with E-state index in [1.54, 1.807) is 12.1 Å². The predicted molar refractivity (Wildman–Crippen MR) is 143 cm³/mol. The zero-order chi connectivity index (χ0) is 24.0. The summed E-state index contributed by atoms with van der Waals surface area (Å²) in [6.07, 6.45) is 2.25. The number of unbranched alkanes of at least 4 members (excludes halogenated alkanes) is 1. The highest BCUT2D eigenvalue weighted by Crippen LogP contribution is 2.35. The molecule has 3 aromatic carbocycles. The molecule has 1 N–H and O–H groups in total. The van der Waals surface area contributed by atoms with E-state index in [0.717, 1.165) is 12.8 Å². The van der Waals surface area contributed by atoms with Gasteiger partial charge in [-0.3, -0.25) is 0 Å². The van der Waals surface area contributed by atoms with E-state index in [1.807, 2.05) is 30.3 Å². The molecule has 0 atom stereocenters. The number of ether oxygens (including phenoxy) is 1. The van der Waals surface area contributed by atoms with Gasteiger partial charge in [-0.15, -0.1) is 0 Å². The van der Waals surface area contributed by atoms with E-state index >= 15 is 0 Å². The number of benzene rings is 3. The summed E-state index contributed by atoms with van der Waals surface area (Å²) in [5, 5.41) is 15.1. The van der Waals surface area contributed by atoms with Gasteiger partial charge in [-0.25, -0.2) is 4.79 Å². The van der Waals surface area contributed by atoms with E-state index in [0.29, 0.717) is 18.6 Å². The van der Waals surface area contributed by atoms with E-state index in [9.17, 15) is 9.90 Å². The zero-order valence-corrected chi connectivity index (χ0v) is 22.3. The van der Waals surface area contributed by atoms with Crippen molar-refractivity contribution in [2.45, 2.75) is 50.3 Å². The Balaban J connectivity index is 1.77. The molecule has 0 bridgehead atoms. The lowest BCUT2D eigenvalue weighted by Gasteiger charge is -2.51. The van der Waals surface area contributed by atoms with Gasteiger partial charge in [0.05, 0.1) is 17.0 Å². The second kappa shape index (κ2) is 10.6. The molecule has 0 saturated carbocycles. The van der Waals surface area contributed by atoms with Crippen LogP contribution >= 0.6 is 0 Å². The average molecular weight is 477 g/mol. The first-order valence-corrected chi connectivity index (χ1v) is 17.8. The van der Waals surface area contributed by atoms with Crippen LogP contribution in [-0.2, 0) is 4.74 Å². The van der Waals surface area contributed by atoms with Crippen LogP contribution in [0.25, 0.3) is 0 Å². The molecule has 0 amide bonds. The summed E-state index contributed by atoms with van der Waals surface area (Å²) in [5.74, 6) is -0.288. The van der Waals surface area contributed by atoms with Crippen LogP contribution in [0.2, 0.25) is 26.2 Å². The molecule has 33 heavy (non-hydrogen) atoms. The van der Waals surface area contributed by atoms with Crippen molar-refractivity contribution >= 4 is 32.5 Å². The lowest BCUT2D eigenvalue weighted by molar-refractivity contribution is 0.0494. The quantitative estimate of drug-likeness (QED) is 0.253. The number of carbonyl (C=O) groups is 1. The molecular formula is C28H36O3Si2. The van der Waals surface area contributed by atoms with Crippen molar-refractivity contribution < 1.29 is 14.6 Å². The topological polar surface area (TPSA) is 46.5 Å². The van der Waals surface area contributed by atoms with Gasteiger partial charge in [0.25, 0.3) is 0 Å². The summed E-state index contributed by atoms with van der Waals surface area (Å²) < 4.78 is 5.49. The first-order chi connectivity index (χ1) is 15.7. The van der Waals surface area contributed by atoms with Gasteiger partial charge in [0.15, 0.2) is 0 Å². The Morgan fingerprint density at radius 3 is 1.61 bits per heavy atom. The molecule has 0 aromatic heterocycles. The fourth-order valence-electron chi connectivity index (χ4n) is 4.90. The smallest absolute Gasteiger partial charge is 0.338 e. The van der Waals surface area contributed by atoms with Gasteiger partial charge in [0.1, 0.15) is 16.1 Å². The monoisotopic (exact) mass is 476 g/mol. The SMILES string of the molecule is C[Si](C)(c1ccccc1)C(O)(CCCCOC(=O)c1ccccc1)[Si](C)(C)c1ccccc1. The van der Waals surface area contributed by atoms with Crippen molar-refractivity contribution in [2.24, 2.45) is 0 Å². The van der Waals surface area contributed by atoms with Gasteiger partial charge in [0.2, 0.25) is 0 Å². The molecule has 0 aliphatic carbocycles. The summed E-state index contributed by atoms with van der Waals surface area (Å²) in [6.45, 7) is 9.57. The Morgan fingerprint density at radius 2 is 1.15 bits per heavy atom. The third kappa shape index (κ3) is 5.37. The van der Waals surface area contributed by atoms with Gasteiger partial charge in [-0.1, -0.05) is 115 Å². The van der Waals surface area contributed by atoms with Gasteiger partial charge >= 0.3 is 5.97 Å². The molecule has 0 saturated heterocycles. The number of hydrogen-bond donors (Lipinski definition) is 1. The van der Waals surface area contributed by atoms with Crippen molar-refractivity contribution in [3.05, 3.63) is 96.6 Å². The van der Waals surface area contributed by atoms with Gasteiger partial charge in [-0.2, -0.15) is 0 Å². The summed E-state index contributed by atoms with van der Waals surface area (Å²) in [7, 11) is -4.55. The summed E-state index contributed by atoms with van der Waals surface area (Å²) >= 11 is 0. The first-order valence-electron chi connectivity index (χ1n) is 11.8. The van der Waals surface area contributed by atoms with Crippen molar-refractivity contribution in [1.82, 2.24) is 0 Å². The number of esters is 1. The normalized spacial score (nSPS) is 12.4. The van der Waals surface area contributed by atoms with Gasteiger partial charge in [-0.05, 0) is 31.4 Å². The summed E-state index contributed by atoms with van der Waals surface area (Å²) in [4.78, 5) is 11.5. The highest BCUT2D eigenvalue weighted by atomic mass is 28.4. The lowest BCUT2D eigenvalue weighted by atomic mass is 10.2. The van der Waals surface area contributed by atoms with Crippen molar-refractivity contribution in [3.63, 3.8) is 0 Å². The molecule has 0 unspecified atom stereocenters. The van der Waals surface area contributed by atoms with Crippen LogP contribution in [-0.4, -0.2) is 38.7 Å². The zero-order valence-electron chi connectivity index (χ0n) is 20.3. The number of rotatable bonds is 10. The number of hydrogen-bond acceptors (Lipinski definition) is 3. The fourth-order valence-corrected chi connectivity index (χ4v) is 16.6. The highest BCUT2D eigenvalue weighted by Gasteiger charge is 2.56. The van der Waals surface area contributed by atoms with Crippen molar-refractivity contribution in [3.8, 4) is 0 Å². The maximum atomic E-state index is 12.6. The minimum atomic E-state index is -2.28. The maximum absolute atomic E-state index is 12.6. The average Bonchev–Trinajstić information content (AvgIpc) is 2.85. The molecule has 0 radical (unpaired) electrons. The van der Waals surface area contributed by atoms with Crippen LogP contribution in [0.1, 0.15) is 29.6 Å². The molecule has 0 aliphatic heterocycles. The maximum Gasteiger partial charge on any atom is 0.338 e. The molecule has 174 valence electrons. The second-order valence-corrected chi connectivity index (χ2v) is 19.6. The third-order valence-electron chi connectivity index (χ3n) is 7.23. The summed E-state index contributed by atoms with van der Waals surface area (Å²) in [5.41, 5.74) is 0.573. The molecule has 3 rings (SSSR count). The predicted octanol–water partition coefficient (Wildman–Crippen LogP) is 5.05. The van der Waals surface area contributed by atoms with Gasteiger partial charge < -0.3 is 9.84 Å². The van der Waals surface area contributed by atoms with Crippen LogP contribution in [0.4, 0.5) is 0 Å². The van der Waals surface area contributed by atoms with E-state index in [2.05, 4.69) is 74.7 Å². The Hall–Kier alpha value is -2.48.